The van der Waals surface area contributed by atoms with E-state index in [1.165, 1.54) is 19.2 Å². The van der Waals surface area contributed by atoms with Crippen LogP contribution in [0.4, 0.5) is 0 Å². The van der Waals surface area contributed by atoms with Crippen LogP contribution in [0.1, 0.15) is 18.4 Å². The van der Waals surface area contributed by atoms with Gasteiger partial charge in [-0.1, -0.05) is 17.7 Å². The van der Waals surface area contributed by atoms with Crippen LogP contribution in [0.15, 0.2) is 23.1 Å². The van der Waals surface area contributed by atoms with E-state index in [0.29, 0.717) is 5.56 Å². The fourth-order valence-electron chi connectivity index (χ4n) is 2.31. The van der Waals surface area contributed by atoms with Gasteiger partial charge in [-0.2, -0.15) is 4.72 Å². The van der Waals surface area contributed by atoms with E-state index in [4.69, 9.17) is 16.3 Å². The molecular formula is C13H16ClNO5S. The molecule has 0 bridgehead atoms. The maximum Gasteiger partial charge on any atom is 0.325 e. The summed E-state index contributed by atoms with van der Waals surface area (Å²) < 4.78 is 32.1. The molecule has 1 fully saturated rings. The highest BCUT2D eigenvalue weighted by Gasteiger charge is 2.53. The number of benzene rings is 1. The third-order valence-electron chi connectivity index (χ3n) is 3.60. The van der Waals surface area contributed by atoms with Gasteiger partial charge in [-0.25, -0.2) is 8.42 Å². The van der Waals surface area contributed by atoms with Gasteiger partial charge in [0.25, 0.3) is 0 Å². The Kier molecular flexibility index (Phi) is 4.30. The number of ether oxygens (including phenoxy) is 1. The summed E-state index contributed by atoms with van der Waals surface area (Å²) in [6.45, 7) is 1.73. The summed E-state index contributed by atoms with van der Waals surface area (Å²) in [5.41, 5.74) is -0.820. The van der Waals surface area contributed by atoms with E-state index in [2.05, 4.69) is 4.72 Å². The fraction of sp³-hybridized carbons (Fsp3) is 0.462. The van der Waals surface area contributed by atoms with Crippen molar-refractivity contribution in [2.75, 3.05) is 7.11 Å². The van der Waals surface area contributed by atoms with Gasteiger partial charge in [-0.05, 0) is 24.6 Å². The summed E-state index contributed by atoms with van der Waals surface area (Å²) in [6.07, 6.45) is -0.0972. The first-order valence-corrected chi connectivity index (χ1v) is 8.13. The van der Waals surface area contributed by atoms with Crippen LogP contribution in [0.5, 0.6) is 0 Å². The minimum atomic E-state index is -4.03. The third kappa shape index (κ3) is 3.06. The second-order valence-corrected chi connectivity index (χ2v) is 7.25. The Morgan fingerprint density at radius 2 is 2.10 bits per heavy atom. The number of halogens is 1. The highest BCUT2D eigenvalue weighted by atomic mass is 35.5. The van der Waals surface area contributed by atoms with Crippen molar-refractivity contribution in [3.05, 3.63) is 28.8 Å². The van der Waals surface area contributed by atoms with E-state index < -0.39 is 21.5 Å². The van der Waals surface area contributed by atoms with Crippen molar-refractivity contribution in [2.24, 2.45) is 0 Å². The normalized spacial score (nSPS) is 25.4. The molecule has 0 atom stereocenters. The molecular weight excluding hydrogens is 318 g/mol. The first-order chi connectivity index (χ1) is 9.70. The summed E-state index contributed by atoms with van der Waals surface area (Å²) in [5.74, 6) is -1.22. The highest BCUT2D eigenvalue weighted by molar-refractivity contribution is 7.89. The Labute approximate surface area is 128 Å². The van der Waals surface area contributed by atoms with Crippen molar-refractivity contribution < 1.29 is 23.1 Å². The third-order valence-corrected chi connectivity index (χ3v) is 5.62. The molecule has 0 aromatic heterocycles. The van der Waals surface area contributed by atoms with Gasteiger partial charge in [-0.3, -0.25) is 4.79 Å². The molecule has 2 N–H and O–H groups in total. The van der Waals surface area contributed by atoms with E-state index in [1.54, 1.807) is 13.0 Å². The molecule has 21 heavy (non-hydrogen) atoms. The zero-order valence-electron chi connectivity index (χ0n) is 11.6. The molecule has 0 aliphatic heterocycles. The SMILES string of the molecule is COC1CC(NS(=O)(=O)c2cc(C)ccc2Cl)(C(=O)O)C1. The molecule has 8 heteroatoms. The molecule has 0 heterocycles. The van der Waals surface area contributed by atoms with Gasteiger partial charge < -0.3 is 9.84 Å². The lowest BCUT2D eigenvalue weighted by atomic mass is 9.75. The fourth-order valence-corrected chi connectivity index (χ4v) is 4.28. The Morgan fingerprint density at radius 3 is 2.62 bits per heavy atom. The van der Waals surface area contributed by atoms with Gasteiger partial charge in [0, 0.05) is 20.0 Å². The number of sulfonamides is 1. The van der Waals surface area contributed by atoms with Crippen LogP contribution < -0.4 is 4.72 Å². The number of carbonyl (C=O) groups is 1. The van der Waals surface area contributed by atoms with Crippen LogP contribution in [-0.2, 0) is 19.6 Å². The summed E-state index contributed by atoms with van der Waals surface area (Å²) in [4.78, 5) is 11.3. The van der Waals surface area contributed by atoms with E-state index in [-0.39, 0.29) is 28.9 Å². The van der Waals surface area contributed by atoms with E-state index in [9.17, 15) is 18.3 Å². The molecule has 1 aliphatic rings. The number of methoxy groups -OCH3 is 1. The largest absolute Gasteiger partial charge is 0.480 e. The van der Waals surface area contributed by atoms with Crippen LogP contribution in [0.25, 0.3) is 0 Å². The maximum absolute atomic E-state index is 12.4. The second kappa shape index (κ2) is 5.57. The molecule has 6 nitrogen and oxygen atoms in total. The molecule has 0 saturated heterocycles. The van der Waals surface area contributed by atoms with Gasteiger partial charge >= 0.3 is 5.97 Å². The van der Waals surface area contributed by atoms with Crippen molar-refractivity contribution in [2.45, 2.75) is 36.3 Å². The zero-order chi connectivity index (χ0) is 15.8. The number of aliphatic carboxylic acids is 1. The molecule has 0 unspecified atom stereocenters. The molecule has 1 aromatic rings. The van der Waals surface area contributed by atoms with Crippen LogP contribution in [0.3, 0.4) is 0 Å². The summed E-state index contributed by atoms with van der Waals surface area (Å²) in [7, 11) is -2.57. The lowest BCUT2D eigenvalue weighted by molar-refractivity contribution is -0.154. The number of nitrogens with one attached hydrogen (secondary N) is 1. The average molecular weight is 334 g/mol. The number of aryl methyl sites for hydroxylation is 1. The van der Waals surface area contributed by atoms with Crippen molar-refractivity contribution in [1.29, 1.82) is 0 Å². The molecule has 0 amide bonds. The smallest absolute Gasteiger partial charge is 0.325 e. The summed E-state index contributed by atoms with van der Waals surface area (Å²) >= 11 is 5.92. The maximum atomic E-state index is 12.4. The molecule has 0 spiro atoms. The van der Waals surface area contributed by atoms with Crippen LogP contribution in [-0.4, -0.2) is 38.2 Å². The number of carboxylic acids is 1. The zero-order valence-corrected chi connectivity index (χ0v) is 13.2. The molecule has 116 valence electrons. The quantitative estimate of drug-likeness (QED) is 0.853. The minimum Gasteiger partial charge on any atom is -0.480 e. The first-order valence-electron chi connectivity index (χ1n) is 6.26. The predicted molar refractivity (Wildman–Crippen MR) is 76.9 cm³/mol. The van der Waals surface area contributed by atoms with E-state index in [0.717, 1.165) is 0 Å². The van der Waals surface area contributed by atoms with Crippen LogP contribution in [0.2, 0.25) is 5.02 Å². The molecule has 2 rings (SSSR count). The topological polar surface area (TPSA) is 92.7 Å². The first kappa shape index (κ1) is 16.2. The molecule has 1 saturated carbocycles. The number of rotatable bonds is 5. The minimum absolute atomic E-state index is 0.0521. The van der Waals surface area contributed by atoms with Gasteiger partial charge in [-0.15, -0.1) is 0 Å². The highest BCUT2D eigenvalue weighted by Crippen LogP contribution is 2.36. The standard InChI is InChI=1S/C13H16ClNO5S/c1-8-3-4-10(14)11(5-8)21(18,19)15-13(12(16)17)6-9(7-13)20-2/h3-5,9,15H,6-7H2,1-2H3,(H,16,17). The Bertz CT molecular complexity index is 667. The number of carboxylic acid groups (broad SMARTS) is 1. The Balaban J connectivity index is 2.32. The van der Waals surface area contributed by atoms with E-state index in [1.807, 2.05) is 0 Å². The second-order valence-electron chi connectivity index (χ2n) is 5.19. The van der Waals surface area contributed by atoms with Crippen molar-refractivity contribution in [3.8, 4) is 0 Å². The van der Waals surface area contributed by atoms with Crippen LogP contribution >= 0.6 is 11.6 Å². The molecule has 1 aromatic carbocycles. The molecule has 1 aliphatic carbocycles. The van der Waals surface area contributed by atoms with E-state index >= 15 is 0 Å². The van der Waals surface area contributed by atoms with Gasteiger partial charge in [0.05, 0.1) is 11.1 Å². The van der Waals surface area contributed by atoms with Gasteiger partial charge in [0.2, 0.25) is 10.0 Å². The van der Waals surface area contributed by atoms with Gasteiger partial charge in [0.1, 0.15) is 10.4 Å². The lowest BCUT2D eigenvalue weighted by Gasteiger charge is -2.43. The Hall–Kier alpha value is -1.15. The predicted octanol–water partition coefficient (Wildman–Crippen LogP) is 1.56. The molecule has 0 radical (unpaired) electrons. The average Bonchev–Trinajstić information content (AvgIpc) is 2.35. The van der Waals surface area contributed by atoms with Crippen molar-refractivity contribution in [1.82, 2.24) is 4.72 Å². The number of hydrogen-bond acceptors (Lipinski definition) is 4. The van der Waals surface area contributed by atoms with Crippen LogP contribution in [0, 0.1) is 6.92 Å². The summed E-state index contributed by atoms with van der Waals surface area (Å²) in [5, 5.41) is 9.37. The number of hydrogen-bond donors (Lipinski definition) is 2. The van der Waals surface area contributed by atoms with Crippen molar-refractivity contribution in [3.63, 3.8) is 0 Å². The Morgan fingerprint density at radius 1 is 1.48 bits per heavy atom. The van der Waals surface area contributed by atoms with Gasteiger partial charge in [0.15, 0.2) is 0 Å². The monoisotopic (exact) mass is 333 g/mol. The summed E-state index contributed by atoms with van der Waals surface area (Å²) in [6, 6.07) is 4.56. The van der Waals surface area contributed by atoms with Crippen molar-refractivity contribution >= 4 is 27.6 Å². The lowest BCUT2D eigenvalue weighted by Crippen LogP contribution is -2.64.